The van der Waals surface area contributed by atoms with Gasteiger partial charge >= 0.3 is 6.09 Å². The minimum atomic E-state index is -0.505. The molecule has 0 saturated carbocycles. The third-order valence-electron chi connectivity index (χ3n) is 5.41. The van der Waals surface area contributed by atoms with Crippen LogP contribution in [0.15, 0.2) is 4.99 Å². The van der Waals surface area contributed by atoms with Crippen LogP contribution >= 0.6 is 0 Å². The van der Waals surface area contributed by atoms with Gasteiger partial charge in [0.2, 0.25) is 0 Å². The molecule has 0 aromatic rings. The molecule has 1 fully saturated rings. The Hall–Kier alpha value is -1.50. The van der Waals surface area contributed by atoms with Crippen LogP contribution in [0.2, 0.25) is 0 Å². The molecule has 0 aliphatic carbocycles. The molecular formula is C21H43N5O2. The molecule has 164 valence electrons. The largest absolute Gasteiger partial charge is 0.444 e. The Bertz CT molecular complexity index is 498. The third-order valence-corrected chi connectivity index (χ3v) is 5.41. The topological polar surface area (TPSA) is 78.0 Å². The van der Waals surface area contributed by atoms with E-state index in [2.05, 4.69) is 46.6 Å². The van der Waals surface area contributed by atoms with Crippen LogP contribution in [0.5, 0.6) is 0 Å². The fourth-order valence-electron chi connectivity index (χ4n) is 3.55. The van der Waals surface area contributed by atoms with Crippen molar-refractivity contribution in [1.82, 2.24) is 20.9 Å². The first-order chi connectivity index (χ1) is 13.2. The normalized spacial score (nSPS) is 18.8. The standard InChI is InChI=1S/C21H43N5O2/c1-8-12-26-13-11-17(15-26)14-23-18(22-7)24-16-21(9-2,10-3)25-19(27)28-20(4,5)6/h17H,8-16H2,1-7H3,(H,25,27)(H2,22,23,24). The second kappa shape index (κ2) is 11.5. The molecule has 28 heavy (non-hydrogen) atoms. The van der Waals surface area contributed by atoms with E-state index in [1.165, 1.54) is 25.9 Å². The molecule has 1 amide bonds. The molecule has 1 heterocycles. The number of nitrogens with zero attached hydrogens (tertiary/aromatic N) is 2. The van der Waals surface area contributed by atoms with Gasteiger partial charge in [0, 0.05) is 26.7 Å². The Balaban J connectivity index is 2.52. The first-order valence-corrected chi connectivity index (χ1v) is 10.8. The number of hydrogen-bond acceptors (Lipinski definition) is 4. The lowest BCUT2D eigenvalue weighted by molar-refractivity contribution is 0.0448. The maximum absolute atomic E-state index is 12.3. The number of aliphatic imine (C=N–C) groups is 1. The van der Waals surface area contributed by atoms with E-state index in [-0.39, 0.29) is 11.6 Å². The van der Waals surface area contributed by atoms with E-state index < -0.39 is 5.60 Å². The first-order valence-electron chi connectivity index (χ1n) is 10.8. The summed E-state index contributed by atoms with van der Waals surface area (Å²) in [6.07, 6.45) is 3.69. The molecule has 0 aromatic carbocycles. The van der Waals surface area contributed by atoms with E-state index in [0.29, 0.717) is 12.5 Å². The summed E-state index contributed by atoms with van der Waals surface area (Å²) >= 11 is 0. The summed E-state index contributed by atoms with van der Waals surface area (Å²) in [5.41, 5.74) is -0.874. The summed E-state index contributed by atoms with van der Waals surface area (Å²) < 4.78 is 5.45. The van der Waals surface area contributed by atoms with Crippen molar-refractivity contribution in [3.63, 3.8) is 0 Å². The molecule has 7 heteroatoms. The number of carbonyl (C=O) groups is 1. The first kappa shape index (κ1) is 24.5. The van der Waals surface area contributed by atoms with Gasteiger partial charge in [0.15, 0.2) is 5.96 Å². The number of likely N-dealkylation sites (tertiary alicyclic amines) is 1. The van der Waals surface area contributed by atoms with Crippen molar-refractivity contribution in [2.75, 3.05) is 39.8 Å². The molecule has 1 aliphatic heterocycles. The molecule has 1 rings (SSSR count). The minimum absolute atomic E-state index is 0.370. The molecule has 0 radical (unpaired) electrons. The van der Waals surface area contributed by atoms with Gasteiger partial charge < -0.3 is 25.6 Å². The van der Waals surface area contributed by atoms with E-state index >= 15 is 0 Å². The Morgan fingerprint density at radius 1 is 1.18 bits per heavy atom. The van der Waals surface area contributed by atoms with Crippen LogP contribution in [0.4, 0.5) is 4.79 Å². The van der Waals surface area contributed by atoms with E-state index in [0.717, 1.165) is 31.9 Å². The molecular weight excluding hydrogens is 354 g/mol. The average molecular weight is 398 g/mol. The Morgan fingerprint density at radius 2 is 1.86 bits per heavy atom. The van der Waals surface area contributed by atoms with Crippen molar-refractivity contribution in [2.45, 2.75) is 78.4 Å². The summed E-state index contributed by atoms with van der Waals surface area (Å²) in [5, 5.41) is 9.92. The van der Waals surface area contributed by atoms with Crippen LogP contribution in [0.3, 0.4) is 0 Å². The predicted molar refractivity (Wildman–Crippen MR) is 117 cm³/mol. The number of carbonyl (C=O) groups excluding carboxylic acids is 1. The quantitative estimate of drug-likeness (QED) is 0.412. The Kier molecular flexibility index (Phi) is 10.1. The number of hydrogen-bond donors (Lipinski definition) is 3. The minimum Gasteiger partial charge on any atom is -0.444 e. The van der Waals surface area contributed by atoms with Gasteiger partial charge in [-0.15, -0.1) is 0 Å². The Morgan fingerprint density at radius 3 is 2.39 bits per heavy atom. The van der Waals surface area contributed by atoms with Crippen LogP contribution in [0, 0.1) is 5.92 Å². The van der Waals surface area contributed by atoms with Crippen molar-refractivity contribution in [2.24, 2.45) is 10.9 Å². The van der Waals surface area contributed by atoms with Crippen molar-refractivity contribution in [3.05, 3.63) is 0 Å². The van der Waals surface area contributed by atoms with Crippen LogP contribution in [0.1, 0.15) is 67.2 Å². The zero-order valence-electron chi connectivity index (χ0n) is 19.2. The van der Waals surface area contributed by atoms with Gasteiger partial charge in [-0.25, -0.2) is 4.79 Å². The zero-order valence-corrected chi connectivity index (χ0v) is 19.2. The summed E-state index contributed by atoms with van der Waals surface area (Å²) in [4.78, 5) is 19.2. The molecule has 1 aliphatic rings. The number of nitrogens with one attached hydrogen (secondary N) is 3. The second-order valence-corrected chi connectivity index (χ2v) is 8.88. The second-order valence-electron chi connectivity index (χ2n) is 8.88. The van der Waals surface area contributed by atoms with Crippen LogP contribution < -0.4 is 16.0 Å². The molecule has 1 unspecified atom stereocenters. The van der Waals surface area contributed by atoms with Crippen LogP contribution in [-0.4, -0.2) is 67.9 Å². The molecule has 3 N–H and O–H groups in total. The SMILES string of the molecule is CCCN1CCC(CNC(=NC)NCC(CC)(CC)NC(=O)OC(C)(C)C)C1. The highest BCUT2D eigenvalue weighted by Gasteiger charge is 2.31. The van der Waals surface area contributed by atoms with Crippen molar-refractivity contribution < 1.29 is 9.53 Å². The average Bonchev–Trinajstić information content (AvgIpc) is 3.07. The summed E-state index contributed by atoms with van der Waals surface area (Å²) in [6, 6.07) is 0. The number of alkyl carbamates (subject to hydrolysis) is 1. The zero-order chi connectivity index (χ0) is 21.2. The Labute approximate surface area is 172 Å². The fourth-order valence-corrected chi connectivity index (χ4v) is 3.55. The van der Waals surface area contributed by atoms with Crippen molar-refractivity contribution in [3.8, 4) is 0 Å². The molecule has 7 nitrogen and oxygen atoms in total. The number of guanidine groups is 1. The van der Waals surface area contributed by atoms with E-state index in [1.54, 1.807) is 7.05 Å². The van der Waals surface area contributed by atoms with Gasteiger partial charge in [0.05, 0.1) is 5.54 Å². The van der Waals surface area contributed by atoms with Crippen LogP contribution in [0.25, 0.3) is 0 Å². The van der Waals surface area contributed by atoms with Crippen LogP contribution in [-0.2, 0) is 4.74 Å². The lowest BCUT2D eigenvalue weighted by Gasteiger charge is -2.34. The van der Waals surface area contributed by atoms with Gasteiger partial charge in [-0.2, -0.15) is 0 Å². The monoisotopic (exact) mass is 397 g/mol. The van der Waals surface area contributed by atoms with Gasteiger partial charge in [-0.3, -0.25) is 4.99 Å². The number of ether oxygens (including phenoxy) is 1. The van der Waals surface area contributed by atoms with E-state index in [1.807, 2.05) is 20.8 Å². The van der Waals surface area contributed by atoms with Gasteiger partial charge in [0.25, 0.3) is 0 Å². The maximum Gasteiger partial charge on any atom is 0.408 e. The molecule has 1 atom stereocenters. The summed E-state index contributed by atoms with van der Waals surface area (Å²) in [7, 11) is 1.79. The highest BCUT2D eigenvalue weighted by molar-refractivity contribution is 5.79. The molecule has 0 spiro atoms. The van der Waals surface area contributed by atoms with Crippen molar-refractivity contribution >= 4 is 12.1 Å². The van der Waals surface area contributed by atoms with Crippen molar-refractivity contribution in [1.29, 1.82) is 0 Å². The lowest BCUT2D eigenvalue weighted by Crippen LogP contribution is -2.57. The maximum atomic E-state index is 12.3. The molecule has 1 saturated heterocycles. The third kappa shape index (κ3) is 8.67. The number of amides is 1. The van der Waals surface area contributed by atoms with Gasteiger partial charge in [-0.1, -0.05) is 20.8 Å². The summed E-state index contributed by atoms with van der Waals surface area (Å²) in [5.74, 6) is 1.44. The van der Waals surface area contributed by atoms with Gasteiger partial charge in [-0.05, 0) is 65.5 Å². The smallest absolute Gasteiger partial charge is 0.408 e. The highest BCUT2D eigenvalue weighted by atomic mass is 16.6. The van der Waals surface area contributed by atoms with E-state index in [9.17, 15) is 4.79 Å². The fraction of sp³-hybridized carbons (Fsp3) is 0.905. The lowest BCUT2D eigenvalue weighted by atomic mass is 9.93. The molecule has 0 bridgehead atoms. The predicted octanol–water partition coefficient (Wildman–Crippen LogP) is 2.97. The van der Waals surface area contributed by atoms with Gasteiger partial charge in [0.1, 0.15) is 5.60 Å². The highest BCUT2D eigenvalue weighted by Crippen LogP contribution is 2.17. The van der Waals surface area contributed by atoms with E-state index in [4.69, 9.17) is 4.74 Å². The summed E-state index contributed by atoms with van der Waals surface area (Å²) in [6.45, 7) is 17.1. The number of rotatable bonds is 9. The molecule has 0 aromatic heterocycles.